The zero-order valence-electron chi connectivity index (χ0n) is 14.2. The van der Waals surface area contributed by atoms with Crippen LogP contribution in [0.15, 0.2) is 36.4 Å². The molecule has 0 bridgehead atoms. The molecule has 1 fully saturated rings. The summed E-state index contributed by atoms with van der Waals surface area (Å²) in [4.78, 5) is 4.89. The van der Waals surface area contributed by atoms with Gasteiger partial charge in [-0.15, -0.1) is 0 Å². The predicted molar refractivity (Wildman–Crippen MR) is 92.1 cm³/mol. The fraction of sp³-hybridized carbons (Fsp3) is 0.556. The molecule has 5 heteroatoms. The lowest BCUT2D eigenvalue weighted by molar-refractivity contribution is -0.266. The van der Waals surface area contributed by atoms with E-state index >= 15 is 0 Å². The lowest BCUT2D eigenvalue weighted by Crippen LogP contribution is -2.47. The van der Waals surface area contributed by atoms with Crippen molar-refractivity contribution in [2.45, 2.75) is 6.48 Å². The Balaban J connectivity index is 1.59. The lowest BCUT2D eigenvalue weighted by atomic mass is 10.2. The lowest BCUT2D eigenvalue weighted by Gasteiger charge is -2.34. The van der Waals surface area contributed by atoms with E-state index in [1.807, 2.05) is 6.07 Å². The second-order valence-electron chi connectivity index (χ2n) is 5.59. The van der Waals surface area contributed by atoms with Gasteiger partial charge in [0.15, 0.2) is 0 Å². The van der Waals surface area contributed by atoms with Gasteiger partial charge in [0.1, 0.15) is 0 Å². The van der Waals surface area contributed by atoms with Gasteiger partial charge in [-0.3, -0.25) is 9.80 Å². The van der Waals surface area contributed by atoms with Crippen molar-refractivity contribution in [1.82, 2.24) is 9.80 Å². The first-order valence-electron chi connectivity index (χ1n) is 8.15. The van der Waals surface area contributed by atoms with E-state index < -0.39 is 6.48 Å². The van der Waals surface area contributed by atoms with Gasteiger partial charge in [-0.05, 0) is 5.56 Å². The number of ether oxygens (including phenoxy) is 3. The molecule has 0 N–H and O–H groups in total. The molecule has 1 heterocycles. The first-order valence-corrected chi connectivity index (χ1v) is 8.15. The Morgan fingerprint density at radius 2 is 1.65 bits per heavy atom. The molecule has 1 aliphatic heterocycles. The van der Waals surface area contributed by atoms with Crippen LogP contribution in [0.25, 0.3) is 6.08 Å². The summed E-state index contributed by atoms with van der Waals surface area (Å²) in [6.45, 7) is 6.33. The van der Waals surface area contributed by atoms with E-state index in [9.17, 15) is 0 Å². The fourth-order valence-electron chi connectivity index (χ4n) is 2.61. The molecule has 128 valence electrons. The smallest absolute Gasteiger partial charge is 0.271 e. The monoisotopic (exact) mass is 320 g/mol. The highest BCUT2D eigenvalue weighted by molar-refractivity contribution is 5.48. The van der Waals surface area contributed by atoms with Gasteiger partial charge in [-0.25, -0.2) is 0 Å². The van der Waals surface area contributed by atoms with Crippen molar-refractivity contribution >= 4 is 6.08 Å². The van der Waals surface area contributed by atoms with Crippen LogP contribution in [0.3, 0.4) is 0 Å². The molecular formula is C18H28N2O3. The molecule has 1 saturated heterocycles. The molecule has 1 aliphatic rings. The third-order valence-electron chi connectivity index (χ3n) is 3.98. The number of hydrogen-bond acceptors (Lipinski definition) is 5. The number of benzene rings is 1. The van der Waals surface area contributed by atoms with Gasteiger partial charge >= 0.3 is 0 Å². The zero-order valence-corrected chi connectivity index (χ0v) is 14.2. The minimum Gasteiger partial charge on any atom is -0.333 e. The summed E-state index contributed by atoms with van der Waals surface area (Å²) >= 11 is 0. The van der Waals surface area contributed by atoms with Crippen molar-refractivity contribution in [1.29, 1.82) is 0 Å². The van der Waals surface area contributed by atoms with E-state index in [4.69, 9.17) is 14.2 Å². The largest absolute Gasteiger partial charge is 0.333 e. The van der Waals surface area contributed by atoms with Crippen molar-refractivity contribution in [3.05, 3.63) is 42.0 Å². The number of rotatable bonds is 9. The quantitative estimate of drug-likeness (QED) is 0.649. The van der Waals surface area contributed by atoms with Gasteiger partial charge in [0.05, 0.1) is 6.61 Å². The maximum atomic E-state index is 5.47. The van der Waals surface area contributed by atoms with Gasteiger partial charge in [-0.2, -0.15) is 0 Å². The van der Waals surface area contributed by atoms with E-state index in [0.717, 1.165) is 39.3 Å². The molecule has 0 amide bonds. The topological polar surface area (TPSA) is 34.2 Å². The first kappa shape index (κ1) is 18.1. The first-order chi connectivity index (χ1) is 11.3. The number of methoxy groups -OCH3 is 2. The van der Waals surface area contributed by atoms with Crippen LogP contribution in [-0.2, 0) is 14.2 Å². The third-order valence-corrected chi connectivity index (χ3v) is 3.98. The van der Waals surface area contributed by atoms with Gasteiger partial charge in [0.25, 0.3) is 6.48 Å². The molecule has 2 rings (SSSR count). The average Bonchev–Trinajstić information content (AvgIpc) is 2.61. The van der Waals surface area contributed by atoms with Gasteiger partial charge < -0.3 is 14.2 Å². The Hall–Kier alpha value is -1.24. The molecule has 1 aromatic carbocycles. The highest BCUT2D eigenvalue weighted by atomic mass is 16.8. The Morgan fingerprint density at radius 1 is 1.00 bits per heavy atom. The van der Waals surface area contributed by atoms with Crippen LogP contribution in [0.1, 0.15) is 5.56 Å². The van der Waals surface area contributed by atoms with Crippen LogP contribution in [-0.4, -0.2) is 76.4 Å². The third kappa shape index (κ3) is 6.81. The molecule has 0 radical (unpaired) electrons. The highest BCUT2D eigenvalue weighted by Gasteiger charge is 2.16. The van der Waals surface area contributed by atoms with Crippen molar-refractivity contribution in [3.63, 3.8) is 0 Å². The van der Waals surface area contributed by atoms with E-state index in [-0.39, 0.29) is 0 Å². The maximum Gasteiger partial charge on any atom is 0.271 e. The molecule has 5 nitrogen and oxygen atoms in total. The highest BCUT2D eigenvalue weighted by Crippen LogP contribution is 2.05. The number of hydrogen-bond donors (Lipinski definition) is 0. The summed E-state index contributed by atoms with van der Waals surface area (Å²) in [5.74, 6) is 0. The molecule has 1 aromatic rings. The molecule has 0 atom stereocenters. The van der Waals surface area contributed by atoms with Crippen LogP contribution in [0, 0.1) is 0 Å². The molecule has 0 unspecified atom stereocenters. The van der Waals surface area contributed by atoms with Crippen molar-refractivity contribution in [3.8, 4) is 0 Å². The van der Waals surface area contributed by atoms with Crippen molar-refractivity contribution in [2.75, 3.05) is 60.1 Å². The fourth-order valence-corrected chi connectivity index (χ4v) is 2.61. The second-order valence-corrected chi connectivity index (χ2v) is 5.59. The van der Waals surface area contributed by atoms with Crippen LogP contribution in [0.4, 0.5) is 0 Å². The molecule has 0 saturated carbocycles. The SMILES string of the molecule is COC(OC)OCCN1CCN(C/C=C/c2ccccc2)CC1. The predicted octanol–water partition coefficient (Wildman–Crippen LogP) is 1.91. The van der Waals surface area contributed by atoms with Crippen LogP contribution >= 0.6 is 0 Å². The van der Waals surface area contributed by atoms with Crippen LogP contribution in [0.2, 0.25) is 0 Å². The summed E-state index contributed by atoms with van der Waals surface area (Å²) in [5.41, 5.74) is 1.26. The van der Waals surface area contributed by atoms with E-state index in [2.05, 4.69) is 46.2 Å². The summed E-state index contributed by atoms with van der Waals surface area (Å²) in [6.07, 6.45) is 4.44. The molecule has 0 aliphatic carbocycles. The number of nitrogens with zero attached hydrogens (tertiary/aromatic N) is 2. The van der Waals surface area contributed by atoms with Gasteiger partial charge in [0.2, 0.25) is 0 Å². The van der Waals surface area contributed by atoms with E-state index in [1.54, 1.807) is 14.2 Å². The Morgan fingerprint density at radius 3 is 2.30 bits per heavy atom. The maximum absolute atomic E-state index is 5.47. The Labute approximate surface area is 139 Å². The van der Waals surface area contributed by atoms with Crippen LogP contribution < -0.4 is 0 Å². The normalized spacial score (nSPS) is 17.3. The molecular weight excluding hydrogens is 292 g/mol. The molecule has 0 aromatic heterocycles. The second kappa shape index (κ2) is 10.5. The summed E-state index contributed by atoms with van der Waals surface area (Å²) in [5, 5.41) is 0. The summed E-state index contributed by atoms with van der Waals surface area (Å²) < 4.78 is 15.5. The molecule has 0 spiro atoms. The summed E-state index contributed by atoms with van der Waals surface area (Å²) in [7, 11) is 3.16. The Kier molecular flexibility index (Phi) is 8.28. The van der Waals surface area contributed by atoms with E-state index in [1.165, 1.54) is 5.56 Å². The van der Waals surface area contributed by atoms with Gasteiger partial charge in [-0.1, -0.05) is 42.5 Å². The number of piperazine rings is 1. The van der Waals surface area contributed by atoms with Crippen LogP contribution in [0.5, 0.6) is 0 Å². The minimum atomic E-state index is -0.556. The average molecular weight is 320 g/mol. The molecule has 23 heavy (non-hydrogen) atoms. The standard InChI is InChI=1S/C18H28N2O3/c1-21-18(22-2)23-16-15-20-13-11-19(12-14-20)10-6-9-17-7-4-3-5-8-17/h3-9,18H,10-16H2,1-2H3/b9-6+. The van der Waals surface area contributed by atoms with E-state index in [0.29, 0.717) is 6.61 Å². The van der Waals surface area contributed by atoms with Crippen molar-refractivity contribution in [2.24, 2.45) is 0 Å². The zero-order chi connectivity index (χ0) is 16.3. The minimum absolute atomic E-state index is 0.556. The Bertz CT molecular complexity index is 441. The van der Waals surface area contributed by atoms with Crippen molar-refractivity contribution < 1.29 is 14.2 Å². The van der Waals surface area contributed by atoms with Gasteiger partial charge in [0, 0.05) is 53.5 Å². The summed E-state index contributed by atoms with van der Waals surface area (Å²) in [6, 6.07) is 10.4.